The van der Waals surface area contributed by atoms with Crippen LogP contribution in [0.2, 0.25) is 0 Å². The van der Waals surface area contributed by atoms with Crippen LogP contribution in [-0.4, -0.2) is 44.9 Å². The molecule has 0 unspecified atom stereocenters. The molecule has 3 N–H and O–H groups in total. The predicted molar refractivity (Wildman–Crippen MR) is 139 cm³/mol. The van der Waals surface area contributed by atoms with Crippen molar-refractivity contribution in [2.24, 2.45) is 5.73 Å². The lowest BCUT2D eigenvalue weighted by molar-refractivity contribution is -0.113. The molecular formula is C24H29N5O5S2. The van der Waals surface area contributed by atoms with Crippen molar-refractivity contribution in [3.05, 3.63) is 51.2 Å². The number of hydrogen-bond acceptors (Lipinski definition) is 9. The Hall–Kier alpha value is -3.38. The smallest absolute Gasteiger partial charge is 0.341 e. The molecule has 0 spiro atoms. The fourth-order valence-corrected chi connectivity index (χ4v) is 5.32. The van der Waals surface area contributed by atoms with Crippen molar-refractivity contribution in [3.63, 3.8) is 0 Å². The van der Waals surface area contributed by atoms with Crippen LogP contribution in [0.25, 0.3) is 0 Å². The normalized spacial score (nSPS) is 10.8. The van der Waals surface area contributed by atoms with Crippen molar-refractivity contribution < 1.29 is 23.9 Å². The van der Waals surface area contributed by atoms with Crippen molar-refractivity contribution in [2.45, 2.75) is 52.9 Å². The van der Waals surface area contributed by atoms with E-state index in [-0.39, 0.29) is 40.3 Å². The highest BCUT2D eigenvalue weighted by molar-refractivity contribution is 7.99. The number of aryl methyl sites for hydroxylation is 2. The average Bonchev–Trinajstić information content (AvgIpc) is 3.38. The van der Waals surface area contributed by atoms with Crippen LogP contribution in [0.5, 0.6) is 5.75 Å². The number of aromatic nitrogens is 3. The molecule has 0 fully saturated rings. The molecule has 2 aromatic heterocycles. The van der Waals surface area contributed by atoms with Gasteiger partial charge in [-0.25, -0.2) is 4.79 Å². The lowest BCUT2D eigenvalue weighted by Crippen LogP contribution is -2.17. The van der Waals surface area contributed by atoms with Gasteiger partial charge in [0.2, 0.25) is 5.91 Å². The Morgan fingerprint density at radius 3 is 2.58 bits per heavy atom. The lowest BCUT2D eigenvalue weighted by atomic mass is 10.1. The third-order valence-electron chi connectivity index (χ3n) is 5.25. The van der Waals surface area contributed by atoms with Crippen LogP contribution < -0.4 is 15.8 Å². The van der Waals surface area contributed by atoms with E-state index in [0.29, 0.717) is 23.1 Å². The van der Waals surface area contributed by atoms with Gasteiger partial charge in [0.15, 0.2) is 11.0 Å². The molecule has 192 valence electrons. The van der Waals surface area contributed by atoms with E-state index < -0.39 is 11.9 Å². The number of anilines is 1. The Morgan fingerprint density at radius 2 is 1.92 bits per heavy atom. The number of ether oxygens (including phenoxy) is 2. The summed E-state index contributed by atoms with van der Waals surface area (Å²) in [4.78, 5) is 37.1. The van der Waals surface area contributed by atoms with Crippen molar-refractivity contribution in [2.75, 3.05) is 17.7 Å². The van der Waals surface area contributed by atoms with E-state index in [4.69, 9.17) is 15.2 Å². The van der Waals surface area contributed by atoms with Crippen LogP contribution in [0.1, 0.15) is 56.4 Å². The molecule has 1 aromatic carbocycles. The highest BCUT2D eigenvalue weighted by atomic mass is 32.2. The van der Waals surface area contributed by atoms with Crippen molar-refractivity contribution in [1.29, 1.82) is 0 Å². The minimum atomic E-state index is -0.676. The Morgan fingerprint density at radius 1 is 1.17 bits per heavy atom. The van der Waals surface area contributed by atoms with Crippen LogP contribution in [0, 0.1) is 20.8 Å². The van der Waals surface area contributed by atoms with Crippen molar-refractivity contribution >= 4 is 45.9 Å². The number of nitrogens with one attached hydrogen (secondary N) is 1. The van der Waals surface area contributed by atoms with Crippen molar-refractivity contribution in [1.82, 2.24) is 14.8 Å². The topological polar surface area (TPSA) is 138 Å². The summed E-state index contributed by atoms with van der Waals surface area (Å²) in [6.07, 6.45) is 0. The largest absolute Gasteiger partial charge is 0.485 e. The van der Waals surface area contributed by atoms with E-state index in [9.17, 15) is 14.4 Å². The zero-order chi connectivity index (χ0) is 26.4. The SMILES string of the molecule is CCOC(=O)c1c(NC(=O)CSc2nnc(COc3cc(C)ccc3C)n2CC)sc(C(N)=O)c1C. The number of hydrogen-bond donors (Lipinski definition) is 2. The van der Waals surface area contributed by atoms with Crippen LogP contribution in [0.4, 0.5) is 5.00 Å². The molecule has 10 nitrogen and oxygen atoms in total. The third-order valence-corrected chi connectivity index (χ3v) is 7.43. The molecule has 3 rings (SSSR count). The van der Waals surface area contributed by atoms with E-state index in [1.165, 1.54) is 11.8 Å². The van der Waals surface area contributed by atoms with Gasteiger partial charge >= 0.3 is 5.97 Å². The second-order valence-electron chi connectivity index (χ2n) is 7.88. The second kappa shape index (κ2) is 12.0. The Bertz CT molecular complexity index is 1280. The standard InChI is InChI=1S/C24H29N5O5S2/c1-6-29-17(11-34-16-10-13(3)8-9-14(16)4)27-28-24(29)35-12-18(30)26-22-19(23(32)33-7-2)15(5)20(36-22)21(25)31/h8-10H,6-7,11-12H2,1-5H3,(H2,25,31)(H,26,30). The first-order chi connectivity index (χ1) is 17.2. The number of carbonyl (C=O) groups excluding carboxylic acids is 3. The molecule has 0 saturated heterocycles. The lowest BCUT2D eigenvalue weighted by Gasteiger charge is -2.11. The highest BCUT2D eigenvalue weighted by Gasteiger charge is 2.26. The molecule has 0 aliphatic rings. The van der Waals surface area contributed by atoms with Gasteiger partial charge in [-0.1, -0.05) is 23.9 Å². The average molecular weight is 532 g/mol. The zero-order valence-electron chi connectivity index (χ0n) is 20.8. The number of esters is 1. The van der Waals surface area contributed by atoms with Crippen molar-refractivity contribution in [3.8, 4) is 5.75 Å². The molecule has 2 amide bonds. The minimum absolute atomic E-state index is 0.0150. The van der Waals surface area contributed by atoms with Gasteiger partial charge < -0.3 is 25.1 Å². The number of amides is 2. The number of primary amides is 1. The van der Waals surface area contributed by atoms with E-state index in [1.807, 2.05) is 43.5 Å². The van der Waals surface area contributed by atoms with Gasteiger partial charge in [-0.2, -0.15) is 0 Å². The molecule has 2 heterocycles. The van der Waals surface area contributed by atoms with Gasteiger partial charge in [-0.05, 0) is 57.4 Å². The molecule has 0 aliphatic heterocycles. The molecule has 0 atom stereocenters. The molecule has 0 bridgehead atoms. The van der Waals surface area contributed by atoms with Gasteiger partial charge in [0.25, 0.3) is 5.91 Å². The first-order valence-corrected chi connectivity index (χ1v) is 13.1. The fourth-order valence-electron chi connectivity index (χ4n) is 3.43. The second-order valence-corrected chi connectivity index (χ2v) is 9.85. The Labute approximate surface area is 217 Å². The molecular weight excluding hydrogens is 502 g/mol. The number of carbonyl (C=O) groups is 3. The summed E-state index contributed by atoms with van der Waals surface area (Å²) in [5.74, 6) is -0.229. The maximum absolute atomic E-state index is 12.7. The summed E-state index contributed by atoms with van der Waals surface area (Å²) >= 11 is 2.16. The van der Waals surface area contributed by atoms with Crippen LogP contribution in [-0.2, 0) is 22.7 Å². The quantitative estimate of drug-likeness (QED) is 0.281. The van der Waals surface area contributed by atoms with Gasteiger partial charge in [0.1, 0.15) is 17.4 Å². The maximum Gasteiger partial charge on any atom is 0.341 e. The minimum Gasteiger partial charge on any atom is -0.485 e. The molecule has 0 aliphatic carbocycles. The number of rotatable bonds is 11. The first kappa shape index (κ1) is 27.2. The molecule has 3 aromatic rings. The number of benzene rings is 1. The third kappa shape index (κ3) is 6.24. The number of thiophene rings is 1. The highest BCUT2D eigenvalue weighted by Crippen LogP contribution is 2.34. The Balaban J connectivity index is 1.69. The summed E-state index contributed by atoms with van der Waals surface area (Å²) in [5, 5.41) is 11.9. The summed E-state index contributed by atoms with van der Waals surface area (Å²) in [6, 6.07) is 6.00. The maximum atomic E-state index is 12.7. The van der Waals surface area contributed by atoms with Gasteiger partial charge in [-0.3, -0.25) is 9.59 Å². The summed E-state index contributed by atoms with van der Waals surface area (Å²) in [6.45, 7) is 10.2. The molecule has 0 saturated carbocycles. The summed E-state index contributed by atoms with van der Waals surface area (Å²) in [5.41, 5.74) is 8.07. The number of thioether (sulfide) groups is 1. The van der Waals surface area contributed by atoms with E-state index in [1.54, 1.807) is 13.8 Å². The van der Waals surface area contributed by atoms with E-state index in [2.05, 4.69) is 15.5 Å². The zero-order valence-corrected chi connectivity index (χ0v) is 22.5. The van der Waals surface area contributed by atoms with Gasteiger partial charge in [-0.15, -0.1) is 21.5 Å². The van der Waals surface area contributed by atoms with E-state index in [0.717, 1.165) is 28.2 Å². The monoisotopic (exact) mass is 531 g/mol. The summed E-state index contributed by atoms with van der Waals surface area (Å²) < 4.78 is 12.9. The fraction of sp³-hybridized carbons (Fsp3) is 0.375. The number of nitrogens with two attached hydrogens (primary N) is 1. The van der Waals surface area contributed by atoms with Crippen LogP contribution >= 0.6 is 23.1 Å². The first-order valence-electron chi connectivity index (χ1n) is 11.3. The predicted octanol–water partition coefficient (Wildman–Crippen LogP) is 3.87. The number of nitrogens with zero attached hydrogens (tertiary/aromatic N) is 3. The molecule has 12 heteroatoms. The Kier molecular flexibility index (Phi) is 9.10. The van der Waals surface area contributed by atoms with Crippen LogP contribution in [0.15, 0.2) is 23.4 Å². The molecule has 36 heavy (non-hydrogen) atoms. The summed E-state index contributed by atoms with van der Waals surface area (Å²) in [7, 11) is 0. The van der Waals surface area contributed by atoms with Gasteiger partial charge in [0, 0.05) is 6.54 Å². The van der Waals surface area contributed by atoms with Crippen LogP contribution in [0.3, 0.4) is 0 Å². The van der Waals surface area contributed by atoms with E-state index >= 15 is 0 Å². The van der Waals surface area contributed by atoms with Gasteiger partial charge in [0.05, 0.1) is 22.8 Å². The molecule has 0 radical (unpaired) electrons.